The van der Waals surface area contributed by atoms with Crippen molar-refractivity contribution in [2.24, 2.45) is 0 Å². The fourth-order valence-corrected chi connectivity index (χ4v) is 5.37. The molecule has 0 amide bonds. The van der Waals surface area contributed by atoms with E-state index in [2.05, 4.69) is 56.6 Å². The summed E-state index contributed by atoms with van der Waals surface area (Å²) in [5.74, 6) is 0. The summed E-state index contributed by atoms with van der Waals surface area (Å²) in [7, 11) is 0. The van der Waals surface area contributed by atoms with Gasteiger partial charge >= 0.3 is 79.1 Å². The van der Waals surface area contributed by atoms with Crippen molar-refractivity contribution in [2.75, 3.05) is 0 Å². The molecule has 0 aromatic carbocycles. The Bertz CT molecular complexity index is 130. The molecule has 0 saturated heterocycles. The van der Waals surface area contributed by atoms with Crippen LogP contribution in [-0.4, -0.2) is 32.1 Å². The van der Waals surface area contributed by atoms with Crippen LogP contribution in [0.1, 0.15) is 41.5 Å². The van der Waals surface area contributed by atoms with E-state index in [9.17, 15) is 0 Å². The first-order chi connectivity index (χ1) is 4.83. The van der Waals surface area contributed by atoms with Gasteiger partial charge in [0.2, 0.25) is 0 Å². The third kappa shape index (κ3) is 2.44. The molecule has 0 aliphatic rings. The first-order valence-corrected chi connectivity index (χ1v) is 8.63. The van der Waals surface area contributed by atoms with Crippen LogP contribution in [0.2, 0.25) is 0 Å². The Morgan fingerprint density at radius 1 is 0.727 bits per heavy atom. The number of hydrogen-bond donors (Lipinski definition) is 0. The zero-order valence-corrected chi connectivity index (χ0v) is 11.2. The zero-order chi connectivity index (χ0) is 9.23. The molecule has 0 spiro atoms. The summed E-state index contributed by atoms with van der Waals surface area (Å²) in [6, 6.07) is 0. The first kappa shape index (κ1) is 11.9. The molecule has 0 nitrogen and oxygen atoms in total. The molecule has 0 aromatic rings. The quantitative estimate of drug-likeness (QED) is 0.523. The molecule has 68 valence electrons. The Labute approximate surface area is 79.4 Å². The predicted octanol–water partition coefficient (Wildman–Crippen LogP) is 3.31. The van der Waals surface area contributed by atoms with Gasteiger partial charge in [-0.1, -0.05) is 0 Å². The van der Waals surface area contributed by atoms with Gasteiger partial charge in [0.05, 0.1) is 0 Å². The molecule has 0 aliphatic heterocycles. The van der Waals surface area contributed by atoms with Crippen molar-refractivity contribution in [3.8, 4) is 0 Å². The van der Waals surface area contributed by atoms with Crippen LogP contribution in [0, 0.1) is 0 Å². The predicted molar refractivity (Wildman–Crippen MR) is 58.1 cm³/mol. The fraction of sp³-hybridized carbons (Fsp3) is 1.00. The van der Waals surface area contributed by atoms with Crippen molar-refractivity contribution in [3.05, 3.63) is 0 Å². The third-order valence-corrected chi connectivity index (χ3v) is 15.2. The molecular weight excluding hydrogens is 218 g/mol. The van der Waals surface area contributed by atoms with E-state index in [1.165, 1.54) is 0 Å². The molecule has 0 aliphatic carbocycles. The van der Waals surface area contributed by atoms with E-state index in [0.29, 0.717) is 0 Å². The van der Waals surface area contributed by atoms with Crippen LogP contribution < -0.4 is 0 Å². The minimum atomic E-state index is -0.810. The second-order valence-corrected chi connectivity index (χ2v) is 12.7. The molecule has 0 saturated carbocycles. The van der Waals surface area contributed by atoms with Gasteiger partial charge in [-0.2, -0.15) is 0 Å². The molecule has 0 bridgehead atoms. The summed E-state index contributed by atoms with van der Waals surface area (Å²) in [4.78, 5) is 0. The second-order valence-electron chi connectivity index (χ2n) is 4.04. The van der Waals surface area contributed by atoms with Crippen molar-refractivity contribution >= 4 is 20.6 Å². The SMILES string of the molecule is CC(C)P(=[Se])(C(C)C)C(C)C. The maximum absolute atomic E-state index is 3.50. The molecule has 0 atom stereocenters. The van der Waals surface area contributed by atoms with Crippen LogP contribution in [0.25, 0.3) is 0 Å². The monoisotopic (exact) mass is 240 g/mol. The summed E-state index contributed by atoms with van der Waals surface area (Å²) >= 11 is 3.50. The minimum absolute atomic E-state index is 0.810. The first-order valence-electron chi connectivity index (χ1n) is 4.42. The molecule has 11 heavy (non-hydrogen) atoms. The Balaban J connectivity index is 4.69. The summed E-state index contributed by atoms with van der Waals surface area (Å²) < 4.78 is 0. The van der Waals surface area contributed by atoms with E-state index in [4.69, 9.17) is 0 Å². The average molecular weight is 239 g/mol. The van der Waals surface area contributed by atoms with Gasteiger partial charge in [0, 0.05) is 0 Å². The Hall–Kier alpha value is 0.949. The van der Waals surface area contributed by atoms with Crippen LogP contribution in [0.3, 0.4) is 0 Å². The number of hydrogen-bond acceptors (Lipinski definition) is 0. The molecule has 0 rings (SSSR count). The van der Waals surface area contributed by atoms with E-state index in [1.807, 2.05) is 0 Å². The molecular formula is C9H21PSe. The standard InChI is InChI=1S/C9H21PSe/c1-7(2)10(11,8(3)4)9(5)6/h7-9H,1-6H3. The summed E-state index contributed by atoms with van der Waals surface area (Å²) in [5.41, 5.74) is 1.70. The van der Waals surface area contributed by atoms with Crippen LogP contribution in [0.5, 0.6) is 0 Å². The van der Waals surface area contributed by atoms with Crippen LogP contribution in [-0.2, 0) is 0 Å². The van der Waals surface area contributed by atoms with Crippen molar-refractivity contribution in [1.29, 1.82) is 0 Å². The van der Waals surface area contributed by atoms with Crippen molar-refractivity contribution in [3.63, 3.8) is 0 Å². The topological polar surface area (TPSA) is 0 Å². The van der Waals surface area contributed by atoms with E-state index < -0.39 is 5.51 Å². The fourth-order valence-electron chi connectivity index (χ4n) is 1.79. The van der Waals surface area contributed by atoms with Gasteiger partial charge in [-0.15, -0.1) is 0 Å². The van der Waals surface area contributed by atoms with Gasteiger partial charge in [-0.25, -0.2) is 0 Å². The summed E-state index contributed by atoms with van der Waals surface area (Å²) in [6.07, 6.45) is 0. The van der Waals surface area contributed by atoms with E-state index in [1.54, 1.807) is 0 Å². The van der Waals surface area contributed by atoms with Crippen LogP contribution in [0.4, 0.5) is 0 Å². The average Bonchev–Trinajstić information content (AvgIpc) is 1.84. The van der Waals surface area contributed by atoms with Crippen molar-refractivity contribution in [2.45, 2.75) is 58.5 Å². The number of rotatable bonds is 3. The van der Waals surface area contributed by atoms with E-state index >= 15 is 0 Å². The van der Waals surface area contributed by atoms with Crippen LogP contribution >= 0.6 is 5.51 Å². The van der Waals surface area contributed by atoms with Crippen LogP contribution in [0.15, 0.2) is 0 Å². The normalized spacial score (nSPS) is 13.5. The maximum atomic E-state index is 3.50. The summed E-state index contributed by atoms with van der Waals surface area (Å²) in [6.45, 7) is 14.1. The summed E-state index contributed by atoms with van der Waals surface area (Å²) in [5, 5.41) is 0. The zero-order valence-electron chi connectivity index (χ0n) is 8.59. The van der Waals surface area contributed by atoms with Gasteiger partial charge in [-0.05, 0) is 0 Å². The van der Waals surface area contributed by atoms with Gasteiger partial charge in [0.15, 0.2) is 0 Å². The molecule has 0 radical (unpaired) electrons. The Morgan fingerprint density at radius 2 is 0.909 bits per heavy atom. The van der Waals surface area contributed by atoms with Crippen molar-refractivity contribution in [1.82, 2.24) is 0 Å². The van der Waals surface area contributed by atoms with Gasteiger partial charge in [0.25, 0.3) is 0 Å². The molecule has 0 unspecified atom stereocenters. The van der Waals surface area contributed by atoms with E-state index in [-0.39, 0.29) is 0 Å². The van der Waals surface area contributed by atoms with Crippen molar-refractivity contribution < 1.29 is 0 Å². The third-order valence-electron chi connectivity index (χ3n) is 2.42. The van der Waals surface area contributed by atoms with Gasteiger partial charge in [0.1, 0.15) is 0 Å². The Morgan fingerprint density at radius 3 is 0.909 bits per heavy atom. The molecule has 0 aromatic heterocycles. The Kier molecular flexibility index (Phi) is 4.63. The molecule has 2 heteroatoms. The van der Waals surface area contributed by atoms with Gasteiger partial charge < -0.3 is 0 Å². The second kappa shape index (κ2) is 4.26. The molecule has 0 N–H and O–H groups in total. The van der Waals surface area contributed by atoms with E-state index in [0.717, 1.165) is 17.0 Å². The molecule has 0 heterocycles. The van der Waals surface area contributed by atoms with Gasteiger partial charge in [-0.3, -0.25) is 0 Å². The molecule has 0 fully saturated rings.